The number of H-pyrrole nitrogens is 1. The second kappa shape index (κ2) is 4.23. The number of fused-ring (bicyclic) bond motifs is 1. The number of nitrogens with zero attached hydrogens (tertiary/aromatic N) is 1. The number of hydrogen-bond donors (Lipinski definition) is 1. The van der Waals surface area contributed by atoms with E-state index in [1.807, 2.05) is 24.4 Å². The summed E-state index contributed by atoms with van der Waals surface area (Å²) in [7, 11) is 0. The van der Waals surface area contributed by atoms with Crippen LogP contribution in [0.3, 0.4) is 0 Å². The van der Waals surface area contributed by atoms with E-state index in [1.54, 1.807) is 0 Å². The summed E-state index contributed by atoms with van der Waals surface area (Å²) in [6.07, 6.45) is 2.02. The average molecular weight is 274 g/mol. The zero-order chi connectivity index (χ0) is 13.6. The van der Waals surface area contributed by atoms with Crippen molar-refractivity contribution in [2.75, 3.05) is 6.61 Å². The lowest BCUT2D eigenvalue weighted by molar-refractivity contribution is 0.309. The molecule has 1 N–H and O–H groups in total. The molecule has 0 radical (unpaired) electrons. The van der Waals surface area contributed by atoms with Crippen LogP contribution < -0.4 is 4.74 Å². The highest BCUT2D eigenvalue weighted by molar-refractivity contribution is 7.71. The van der Waals surface area contributed by atoms with Gasteiger partial charge in [0.2, 0.25) is 0 Å². The standard InChI is InChI=1S/C15H18N2OS/c1-15(2,3)13-8-16-14(19)17(13)11-9-18-12-7-5-4-6-10(11)12/h4-8,11H,9H2,1-3H3,(H,16,19). The number of rotatable bonds is 1. The van der Waals surface area contributed by atoms with E-state index in [-0.39, 0.29) is 11.5 Å². The molecule has 0 bridgehead atoms. The van der Waals surface area contributed by atoms with Gasteiger partial charge in [-0.15, -0.1) is 0 Å². The van der Waals surface area contributed by atoms with Gasteiger partial charge in [-0.3, -0.25) is 0 Å². The Morgan fingerprint density at radius 2 is 2.05 bits per heavy atom. The zero-order valence-electron chi connectivity index (χ0n) is 11.4. The quantitative estimate of drug-likeness (QED) is 0.801. The Morgan fingerprint density at radius 1 is 1.32 bits per heavy atom. The summed E-state index contributed by atoms with van der Waals surface area (Å²) < 4.78 is 8.73. The van der Waals surface area contributed by atoms with Crippen LogP contribution in [-0.4, -0.2) is 16.2 Å². The summed E-state index contributed by atoms with van der Waals surface area (Å²) >= 11 is 5.46. The second-order valence-electron chi connectivity index (χ2n) is 5.96. The van der Waals surface area contributed by atoms with Crippen molar-refractivity contribution >= 4 is 12.2 Å². The first-order valence-corrected chi connectivity index (χ1v) is 6.91. The van der Waals surface area contributed by atoms with Crippen LogP contribution in [0.5, 0.6) is 5.75 Å². The maximum Gasteiger partial charge on any atom is 0.178 e. The molecule has 0 amide bonds. The molecular formula is C15H18N2OS. The van der Waals surface area contributed by atoms with Gasteiger partial charge in [-0.2, -0.15) is 0 Å². The highest BCUT2D eigenvalue weighted by Gasteiger charge is 2.30. The monoisotopic (exact) mass is 274 g/mol. The number of imidazole rings is 1. The van der Waals surface area contributed by atoms with Crippen LogP contribution in [0.25, 0.3) is 0 Å². The number of benzene rings is 1. The molecule has 3 rings (SSSR count). The van der Waals surface area contributed by atoms with Crippen LogP contribution >= 0.6 is 12.2 Å². The molecule has 19 heavy (non-hydrogen) atoms. The van der Waals surface area contributed by atoms with Crippen molar-refractivity contribution in [3.8, 4) is 5.75 Å². The summed E-state index contributed by atoms with van der Waals surface area (Å²) in [5.74, 6) is 0.968. The SMILES string of the molecule is CC(C)(C)c1c[nH]c(=S)n1C1COc2ccccc21. The van der Waals surface area contributed by atoms with Crippen molar-refractivity contribution in [2.45, 2.75) is 32.2 Å². The van der Waals surface area contributed by atoms with Crippen LogP contribution in [0.4, 0.5) is 0 Å². The topological polar surface area (TPSA) is 29.9 Å². The van der Waals surface area contributed by atoms with Crippen molar-refractivity contribution in [3.63, 3.8) is 0 Å². The normalized spacial score (nSPS) is 18.2. The molecule has 2 aromatic rings. The Labute approximate surface area is 118 Å². The molecule has 1 atom stereocenters. The molecule has 100 valence electrons. The number of nitrogens with one attached hydrogen (secondary N) is 1. The van der Waals surface area contributed by atoms with Crippen LogP contribution in [0.2, 0.25) is 0 Å². The van der Waals surface area contributed by atoms with Crippen molar-refractivity contribution in [3.05, 3.63) is 46.5 Å². The van der Waals surface area contributed by atoms with Crippen LogP contribution in [-0.2, 0) is 5.41 Å². The first-order valence-electron chi connectivity index (χ1n) is 6.50. The zero-order valence-corrected chi connectivity index (χ0v) is 12.3. The number of ether oxygens (including phenoxy) is 1. The van der Waals surface area contributed by atoms with Crippen LogP contribution in [0.15, 0.2) is 30.5 Å². The molecule has 0 saturated carbocycles. The van der Waals surface area contributed by atoms with Gasteiger partial charge in [-0.05, 0) is 18.3 Å². The van der Waals surface area contributed by atoms with Gasteiger partial charge in [0.15, 0.2) is 4.77 Å². The van der Waals surface area contributed by atoms with Gasteiger partial charge < -0.3 is 14.3 Å². The van der Waals surface area contributed by atoms with E-state index in [0.29, 0.717) is 6.61 Å². The lowest BCUT2D eigenvalue weighted by atomic mass is 9.92. The van der Waals surface area contributed by atoms with Crippen molar-refractivity contribution in [2.24, 2.45) is 0 Å². The molecule has 1 aliphatic heterocycles. The first-order chi connectivity index (χ1) is 8.98. The van der Waals surface area contributed by atoms with E-state index < -0.39 is 0 Å². The Hall–Kier alpha value is -1.55. The molecule has 1 unspecified atom stereocenters. The molecule has 4 heteroatoms. The maximum absolute atomic E-state index is 5.78. The third-order valence-electron chi connectivity index (χ3n) is 3.57. The number of aromatic amines is 1. The summed E-state index contributed by atoms with van der Waals surface area (Å²) in [4.78, 5) is 3.17. The second-order valence-corrected chi connectivity index (χ2v) is 6.35. The Kier molecular flexibility index (Phi) is 2.78. The third-order valence-corrected chi connectivity index (χ3v) is 3.88. The smallest absolute Gasteiger partial charge is 0.178 e. The van der Waals surface area contributed by atoms with Crippen molar-refractivity contribution in [1.29, 1.82) is 0 Å². The minimum absolute atomic E-state index is 0.0467. The van der Waals surface area contributed by atoms with Crippen LogP contribution in [0, 0.1) is 4.77 Å². The predicted molar refractivity (Wildman–Crippen MR) is 78.4 cm³/mol. The molecule has 2 heterocycles. The van der Waals surface area contributed by atoms with E-state index in [0.717, 1.165) is 10.5 Å². The predicted octanol–water partition coefficient (Wildman–Crippen LogP) is 3.82. The fourth-order valence-corrected chi connectivity index (χ4v) is 2.91. The third kappa shape index (κ3) is 2.00. The fourth-order valence-electron chi connectivity index (χ4n) is 2.63. The largest absolute Gasteiger partial charge is 0.491 e. The Bertz CT molecular complexity index is 663. The molecule has 3 nitrogen and oxygen atoms in total. The van der Waals surface area contributed by atoms with E-state index in [2.05, 4.69) is 36.4 Å². The molecule has 1 aromatic heterocycles. The van der Waals surface area contributed by atoms with Gasteiger partial charge >= 0.3 is 0 Å². The minimum atomic E-state index is 0.0467. The van der Waals surface area contributed by atoms with Crippen LogP contribution in [0.1, 0.15) is 38.1 Å². The maximum atomic E-state index is 5.78. The van der Waals surface area contributed by atoms with Gasteiger partial charge in [0.05, 0.1) is 6.04 Å². The van der Waals surface area contributed by atoms with Gasteiger partial charge in [0.1, 0.15) is 12.4 Å². The van der Waals surface area contributed by atoms with Gasteiger partial charge in [-0.25, -0.2) is 0 Å². The lowest BCUT2D eigenvalue weighted by Crippen LogP contribution is -2.22. The van der Waals surface area contributed by atoms with Crippen molar-refractivity contribution in [1.82, 2.24) is 9.55 Å². The fraction of sp³-hybridized carbons (Fsp3) is 0.400. The molecule has 0 aliphatic carbocycles. The van der Waals surface area contributed by atoms with E-state index in [1.165, 1.54) is 11.3 Å². The number of hydrogen-bond acceptors (Lipinski definition) is 2. The summed E-state index contributed by atoms with van der Waals surface area (Å²) in [6, 6.07) is 8.36. The highest BCUT2D eigenvalue weighted by atomic mass is 32.1. The van der Waals surface area contributed by atoms with Crippen molar-refractivity contribution < 1.29 is 4.74 Å². The number of aromatic nitrogens is 2. The Morgan fingerprint density at radius 3 is 2.79 bits per heavy atom. The van der Waals surface area contributed by atoms with E-state index in [4.69, 9.17) is 17.0 Å². The van der Waals surface area contributed by atoms with Gasteiger partial charge in [-0.1, -0.05) is 39.0 Å². The van der Waals surface area contributed by atoms with E-state index >= 15 is 0 Å². The minimum Gasteiger partial charge on any atom is -0.491 e. The Balaban J connectivity index is 2.15. The molecule has 0 saturated heterocycles. The van der Waals surface area contributed by atoms with Gasteiger partial charge in [0, 0.05) is 22.9 Å². The molecule has 0 fully saturated rings. The summed E-state index contributed by atoms with van der Waals surface area (Å²) in [6.45, 7) is 7.24. The first kappa shape index (κ1) is 12.5. The summed E-state index contributed by atoms with van der Waals surface area (Å²) in [5.41, 5.74) is 2.47. The van der Waals surface area contributed by atoms with Gasteiger partial charge in [0.25, 0.3) is 0 Å². The molecule has 0 spiro atoms. The highest BCUT2D eigenvalue weighted by Crippen LogP contribution is 2.37. The molecule has 1 aromatic carbocycles. The lowest BCUT2D eigenvalue weighted by Gasteiger charge is -2.23. The molecule has 1 aliphatic rings. The van der Waals surface area contributed by atoms with E-state index in [9.17, 15) is 0 Å². The molecular weight excluding hydrogens is 256 g/mol. The average Bonchev–Trinajstić information content (AvgIpc) is 2.91. The summed E-state index contributed by atoms with van der Waals surface area (Å²) in [5, 5.41) is 0. The number of para-hydroxylation sites is 1.